The fourth-order valence-corrected chi connectivity index (χ4v) is 2.40. The van der Waals surface area contributed by atoms with Gasteiger partial charge in [0.15, 0.2) is 0 Å². The summed E-state index contributed by atoms with van der Waals surface area (Å²) in [6, 6.07) is 5.47. The number of hydrogen-bond acceptors (Lipinski definition) is 3. The number of piperidine rings is 1. The number of nitrogens with two attached hydrogens (primary N) is 2. The van der Waals surface area contributed by atoms with Crippen LogP contribution < -0.4 is 16.4 Å². The number of carbonyl (C=O) groups excluding carboxylic acids is 1. The molecule has 4 heteroatoms. The smallest absolute Gasteiger partial charge is 0.250 e. The highest BCUT2D eigenvalue weighted by Crippen LogP contribution is 2.35. The van der Waals surface area contributed by atoms with Crippen LogP contribution in [-0.4, -0.2) is 19.0 Å². The van der Waals surface area contributed by atoms with E-state index in [1.165, 1.54) is 0 Å². The summed E-state index contributed by atoms with van der Waals surface area (Å²) < 4.78 is 0. The first-order valence-corrected chi connectivity index (χ1v) is 6.34. The molecule has 1 aliphatic rings. The van der Waals surface area contributed by atoms with Crippen molar-refractivity contribution in [2.45, 2.75) is 26.7 Å². The van der Waals surface area contributed by atoms with Gasteiger partial charge in [-0.15, -0.1) is 0 Å². The first-order chi connectivity index (χ1) is 8.41. The zero-order chi connectivity index (χ0) is 13.3. The second-order valence-corrected chi connectivity index (χ2v) is 5.75. The van der Waals surface area contributed by atoms with Gasteiger partial charge in [-0.2, -0.15) is 0 Å². The summed E-state index contributed by atoms with van der Waals surface area (Å²) >= 11 is 0. The van der Waals surface area contributed by atoms with E-state index in [0.29, 0.717) is 16.7 Å². The Labute approximate surface area is 108 Å². The molecular formula is C14H21N3O. The molecule has 0 aromatic heterocycles. The van der Waals surface area contributed by atoms with Crippen LogP contribution in [0.4, 0.5) is 11.4 Å². The fraction of sp³-hybridized carbons (Fsp3) is 0.500. The zero-order valence-electron chi connectivity index (χ0n) is 11.1. The van der Waals surface area contributed by atoms with Gasteiger partial charge in [0.2, 0.25) is 0 Å². The highest BCUT2D eigenvalue weighted by Gasteiger charge is 2.26. The van der Waals surface area contributed by atoms with Gasteiger partial charge in [0.05, 0.1) is 16.9 Å². The summed E-state index contributed by atoms with van der Waals surface area (Å²) in [6.45, 7) is 6.51. The molecule has 1 aromatic rings. The van der Waals surface area contributed by atoms with Gasteiger partial charge in [0.1, 0.15) is 0 Å². The highest BCUT2D eigenvalue weighted by molar-refractivity contribution is 6.00. The van der Waals surface area contributed by atoms with E-state index in [9.17, 15) is 4.79 Å². The molecule has 1 heterocycles. The lowest BCUT2D eigenvalue weighted by Crippen LogP contribution is -2.37. The van der Waals surface area contributed by atoms with Crippen LogP contribution in [0.2, 0.25) is 0 Å². The number of anilines is 2. The van der Waals surface area contributed by atoms with Gasteiger partial charge in [0, 0.05) is 13.1 Å². The maximum atomic E-state index is 11.3. The third-order valence-corrected chi connectivity index (χ3v) is 3.81. The van der Waals surface area contributed by atoms with Crippen LogP contribution in [-0.2, 0) is 0 Å². The lowest BCUT2D eigenvalue weighted by atomic mass is 9.82. The minimum absolute atomic E-state index is 0.395. The molecule has 0 saturated carbocycles. The van der Waals surface area contributed by atoms with Crippen molar-refractivity contribution in [2.24, 2.45) is 11.1 Å². The first-order valence-electron chi connectivity index (χ1n) is 6.34. The number of carbonyl (C=O) groups is 1. The lowest BCUT2D eigenvalue weighted by molar-refractivity contribution is 0.100. The molecule has 4 N–H and O–H groups in total. The van der Waals surface area contributed by atoms with Crippen molar-refractivity contribution >= 4 is 17.3 Å². The van der Waals surface area contributed by atoms with Crippen LogP contribution >= 0.6 is 0 Å². The first kappa shape index (κ1) is 12.7. The van der Waals surface area contributed by atoms with Crippen LogP contribution in [0.5, 0.6) is 0 Å². The summed E-state index contributed by atoms with van der Waals surface area (Å²) in [4.78, 5) is 13.5. The van der Waals surface area contributed by atoms with E-state index < -0.39 is 5.91 Å². The third kappa shape index (κ3) is 2.42. The number of rotatable bonds is 2. The second kappa shape index (κ2) is 4.52. The molecule has 0 aliphatic carbocycles. The van der Waals surface area contributed by atoms with Crippen LogP contribution in [0, 0.1) is 5.41 Å². The molecule has 0 bridgehead atoms. The van der Waals surface area contributed by atoms with E-state index in [1.54, 1.807) is 6.07 Å². The molecular weight excluding hydrogens is 226 g/mol. The van der Waals surface area contributed by atoms with Crippen molar-refractivity contribution in [1.82, 2.24) is 0 Å². The average molecular weight is 247 g/mol. The quantitative estimate of drug-likeness (QED) is 0.785. The van der Waals surface area contributed by atoms with Gasteiger partial charge in [0.25, 0.3) is 5.91 Å². The van der Waals surface area contributed by atoms with Gasteiger partial charge in [-0.05, 0) is 30.4 Å². The van der Waals surface area contributed by atoms with Crippen LogP contribution in [0.1, 0.15) is 37.0 Å². The van der Waals surface area contributed by atoms with Gasteiger partial charge >= 0.3 is 0 Å². The van der Waals surface area contributed by atoms with Crippen molar-refractivity contribution in [3.05, 3.63) is 23.8 Å². The molecule has 98 valence electrons. The third-order valence-electron chi connectivity index (χ3n) is 3.81. The Bertz CT molecular complexity index is 458. The molecule has 2 rings (SSSR count). The van der Waals surface area contributed by atoms with E-state index in [-0.39, 0.29) is 0 Å². The topological polar surface area (TPSA) is 72.3 Å². The zero-order valence-corrected chi connectivity index (χ0v) is 11.1. The molecule has 1 saturated heterocycles. The molecule has 0 atom stereocenters. The number of amides is 1. The predicted octanol–water partition coefficient (Wildman–Crippen LogP) is 1.99. The van der Waals surface area contributed by atoms with Gasteiger partial charge in [-0.25, -0.2) is 0 Å². The number of benzene rings is 1. The fourth-order valence-electron chi connectivity index (χ4n) is 2.40. The normalized spacial score (nSPS) is 18.7. The summed E-state index contributed by atoms with van der Waals surface area (Å²) in [7, 11) is 0. The predicted molar refractivity (Wildman–Crippen MR) is 74.6 cm³/mol. The molecule has 1 aromatic carbocycles. The average Bonchev–Trinajstić information content (AvgIpc) is 2.29. The Morgan fingerprint density at radius 2 is 1.89 bits per heavy atom. The van der Waals surface area contributed by atoms with Crippen molar-refractivity contribution in [2.75, 3.05) is 23.7 Å². The second-order valence-electron chi connectivity index (χ2n) is 5.75. The van der Waals surface area contributed by atoms with Crippen molar-refractivity contribution in [3.63, 3.8) is 0 Å². The van der Waals surface area contributed by atoms with E-state index in [1.807, 2.05) is 12.1 Å². The molecule has 0 unspecified atom stereocenters. The molecule has 18 heavy (non-hydrogen) atoms. The van der Waals surface area contributed by atoms with Crippen LogP contribution in [0.3, 0.4) is 0 Å². The Morgan fingerprint density at radius 1 is 1.28 bits per heavy atom. The summed E-state index contributed by atoms with van der Waals surface area (Å²) in [6.07, 6.45) is 2.26. The minimum Gasteiger partial charge on any atom is -0.396 e. The molecule has 1 aliphatic heterocycles. The standard InChI is InChI=1S/C14H21N3O/c1-14(2)6-8-17(9-7-14)11-5-3-4-10(12(11)15)13(16)18/h3-5H,6-9,15H2,1-2H3,(H2,16,18). The van der Waals surface area contributed by atoms with Gasteiger partial charge in [-0.1, -0.05) is 19.9 Å². The van der Waals surface area contributed by atoms with Crippen LogP contribution in [0.15, 0.2) is 18.2 Å². The lowest BCUT2D eigenvalue weighted by Gasteiger charge is -2.38. The number of para-hydroxylation sites is 1. The Morgan fingerprint density at radius 3 is 2.44 bits per heavy atom. The maximum Gasteiger partial charge on any atom is 0.250 e. The van der Waals surface area contributed by atoms with Crippen molar-refractivity contribution in [1.29, 1.82) is 0 Å². The molecule has 0 spiro atoms. The summed E-state index contributed by atoms with van der Waals surface area (Å²) in [5.74, 6) is -0.466. The van der Waals surface area contributed by atoms with E-state index in [0.717, 1.165) is 31.6 Å². The number of hydrogen-bond donors (Lipinski definition) is 2. The minimum atomic E-state index is -0.466. The van der Waals surface area contributed by atoms with Crippen molar-refractivity contribution < 1.29 is 4.79 Å². The summed E-state index contributed by atoms with van der Waals surface area (Å²) in [5, 5.41) is 0. The molecule has 1 amide bonds. The Balaban J connectivity index is 2.25. The number of primary amides is 1. The van der Waals surface area contributed by atoms with Crippen molar-refractivity contribution in [3.8, 4) is 0 Å². The molecule has 1 fully saturated rings. The number of nitrogen functional groups attached to an aromatic ring is 1. The monoisotopic (exact) mass is 247 g/mol. The summed E-state index contributed by atoms with van der Waals surface area (Å²) in [5.41, 5.74) is 13.6. The largest absolute Gasteiger partial charge is 0.396 e. The van der Waals surface area contributed by atoms with E-state index >= 15 is 0 Å². The maximum absolute atomic E-state index is 11.3. The Hall–Kier alpha value is -1.71. The molecule has 4 nitrogen and oxygen atoms in total. The highest BCUT2D eigenvalue weighted by atomic mass is 16.1. The SMILES string of the molecule is CC1(C)CCN(c2cccc(C(N)=O)c2N)CC1. The number of nitrogens with zero attached hydrogens (tertiary/aromatic N) is 1. The van der Waals surface area contributed by atoms with E-state index in [2.05, 4.69) is 18.7 Å². The van der Waals surface area contributed by atoms with Crippen LogP contribution in [0.25, 0.3) is 0 Å². The van der Waals surface area contributed by atoms with Gasteiger partial charge < -0.3 is 16.4 Å². The van der Waals surface area contributed by atoms with Gasteiger partial charge in [-0.3, -0.25) is 4.79 Å². The Kier molecular flexibility index (Phi) is 3.20. The van der Waals surface area contributed by atoms with E-state index in [4.69, 9.17) is 11.5 Å². The molecule has 0 radical (unpaired) electrons.